The normalized spacial score (nSPS) is 15.2. The average Bonchev–Trinajstić information content (AvgIpc) is 2.62. The summed E-state index contributed by atoms with van der Waals surface area (Å²) in [5, 5.41) is 3.87. The number of benzene rings is 2. The third-order valence-corrected chi connectivity index (χ3v) is 4.77. The van der Waals surface area contributed by atoms with Crippen LogP contribution in [0, 0.1) is 0 Å². The van der Waals surface area contributed by atoms with Gasteiger partial charge in [-0.05, 0) is 30.3 Å². The zero-order chi connectivity index (χ0) is 17.6. The molecule has 0 bridgehead atoms. The van der Waals surface area contributed by atoms with E-state index in [0.29, 0.717) is 22.2 Å². The van der Waals surface area contributed by atoms with Crippen molar-refractivity contribution in [2.24, 2.45) is 0 Å². The van der Waals surface area contributed by atoms with Gasteiger partial charge in [0.15, 0.2) is 0 Å². The van der Waals surface area contributed by atoms with Crippen molar-refractivity contribution in [1.82, 2.24) is 10.2 Å². The number of amides is 1. The number of anilines is 1. The van der Waals surface area contributed by atoms with Crippen LogP contribution in [0.4, 0.5) is 5.69 Å². The Balaban J connectivity index is 1.42. The maximum Gasteiger partial charge on any atom is 0.251 e. The van der Waals surface area contributed by atoms with E-state index in [9.17, 15) is 4.79 Å². The first-order chi connectivity index (χ1) is 12.1. The Hall–Kier alpha value is -1.75. The predicted molar refractivity (Wildman–Crippen MR) is 104 cm³/mol. The van der Waals surface area contributed by atoms with Gasteiger partial charge in [-0.2, -0.15) is 0 Å². The fourth-order valence-electron chi connectivity index (χ4n) is 2.98. The summed E-state index contributed by atoms with van der Waals surface area (Å²) in [4.78, 5) is 16.9. The lowest BCUT2D eigenvalue weighted by Gasteiger charge is -2.36. The monoisotopic (exact) mass is 377 g/mol. The van der Waals surface area contributed by atoms with Gasteiger partial charge in [0.1, 0.15) is 0 Å². The van der Waals surface area contributed by atoms with E-state index in [0.717, 1.165) is 32.7 Å². The van der Waals surface area contributed by atoms with Gasteiger partial charge in [-0.3, -0.25) is 9.69 Å². The van der Waals surface area contributed by atoms with Gasteiger partial charge < -0.3 is 10.2 Å². The quantitative estimate of drug-likeness (QED) is 0.865. The summed E-state index contributed by atoms with van der Waals surface area (Å²) >= 11 is 11.9. The van der Waals surface area contributed by atoms with Crippen molar-refractivity contribution < 1.29 is 4.79 Å². The van der Waals surface area contributed by atoms with Gasteiger partial charge in [0.05, 0.1) is 0 Å². The van der Waals surface area contributed by atoms with E-state index in [1.54, 1.807) is 18.2 Å². The molecule has 2 aromatic carbocycles. The number of carbonyl (C=O) groups excluding carboxylic acids is 1. The standard InChI is InChI=1S/C19H21Cl2N3O/c20-16-12-15(13-17(21)14-16)19(25)22-6-7-23-8-10-24(11-9-23)18-4-2-1-3-5-18/h1-5,12-14H,6-11H2,(H,22,25). The zero-order valence-electron chi connectivity index (χ0n) is 13.9. The Kier molecular flexibility index (Phi) is 6.19. The van der Waals surface area contributed by atoms with E-state index in [2.05, 4.69) is 39.4 Å². The highest BCUT2D eigenvalue weighted by Gasteiger charge is 2.17. The van der Waals surface area contributed by atoms with Crippen molar-refractivity contribution in [2.75, 3.05) is 44.2 Å². The molecular formula is C19H21Cl2N3O. The van der Waals surface area contributed by atoms with Crippen molar-refractivity contribution in [3.05, 3.63) is 64.1 Å². The number of hydrogen-bond donors (Lipinski definition) is 1. The van der Waals surface area contributed by atoms with E-state index in [4.69, 9.17) is 23.2 Å². The minimum atomic E-state index is -0.146. The molecule has 1 saturated heterocycles. The minimum absolute atomic E-state index is 0.146. The van der Waals surface area contributed by atoms with E-state index in [-0.39, 0.29) is 5.91 Å². The van der Waals surface area contributed by atoms with Gasteiger partial charge in [0.25, 0.3) is 5.91 Å². The molecule has 0 unspecified atom stereocenters. The lowest BCUT2D eigenvalue weighted by atomic mass is 10.2. The molecule has 4 nitrogen and oxygen atoms in total. The fourth-order valence-corrected chi connectivity index (χ4v) is 3.51. The smallest absolute Gasteiger partial charge is 0.251 e. The van der Waals surface area contributed by atoms with Crippen LogP contribution in [0.2, 0.25) is 10.0 Å². The van der Waals surface area contributed by atoms with Crippen LogP contribution in [-0.4, -0.2) is 50.1 Å². The number of nitrogens with one attached hydrogen (secondary N) is 1. The van der Waals surface area contributed by atoms with Gasteiger partial charge in [-0.1, -0.05) is 41.4 Å². The third kappa shape index (κ3) is 5.11. The number of halogens is 2. The first kappa shape index (κ1) is 18.1. The van der Waals surface area contributed by atoms with Crippen molar-refractivity contribution in [3.63, 3.8) is 0 Å². The maximum atomic E-state index is 12.2. The molecule has 1 heterocycles. The summed E-state index contributed by atoms with van der Waals surface area (Å²) in [5.74, 6) is -0.146. The van der Waals surface area contributed by atoms with Crippen LogP contribution in [0.5, 0.6) is 0 Å². The molecule has 0 aliphatic carbocycles. The summed E-state index contributed by atoms with van der Waals surface area (Å²) in [6.45, 7) is 5.43. The predicted octanol–water partition coefficient (Wildman–Crippen LogP) is 3.55. The molecule has 1 aliphatic rings. The SMILES string of the molecule is O=C(NCCN1CCN(c2ccccc2)CC1)c1cc(Cl)cc(Cl)c1. The van der Waals surface area contributed by atoms with Gasteiger partial charge >= 0.3 is 0 Å². The van der Waals surface area contributed by atoms with E-state index in [1.165, 1.54) is 5.69 Å². The molecular weight excluding hydrogens is 357 g/mol. The van der Waals surface area contributed by atoms with E-state index >= 15 is 0 Å². The van der Waals surface area contributed by atoms with Crippen LogP contribution in [0.25, 0.3) is 0 Å². The van der Waals surface area contributed by atoms with Crippen LogP contribution >= 0.6 is 23.2 Å². The molecule has 0 spiro atoms. The lowest BCUT2D eigenvalue weighted by Crippen LogP contribution is -2.48. The summed E-state index contributed by atoms with van der Waals surface area (Å²) in [6.07, 6.45) is 0. The molecule has 6 heteroatoms. The molecule has 1 amide bonds. The number of rotatable bonds is 5. The highest BCUT2D eigenvalue weighted by atomic mass is 35.5. The van der Waals surface area contributed by atoms with E-state index < -0.39 is 0 Å². The second-order valence-corrected chi connectivity index (χ2v) is 6.95. The number of hydrogen-bond acceptors (Lipinski definition) is 3. The van der Waals surface area contributed by atoms with Gasteiger partial charge in [-0.25, -0.2) is 0 Å². The molecule has 1 fully saturated rings. The minimum Gasteiger partial charge on any atom is -0.369 e. The zero-order valence-corrected chi connectivity index (χ0v) is 15.4. The molecule has 3 rings (SSSR count). The maximum absolute atomic E-state index is 12.2. The summed E-state index contributed by atoms with van der Waals surface area (Å²) < 4.78 is 0. The Bertz CT molecular complexity index is 696. The number of carbonyl (C=O) groups is 1. The first-order valence-electron chi connectivity index (χ1n) is 8.38. The molecule has 25 heavy (non-hydrogen) atoms. The molecule has 1 N–H and O–H groups in total. The summed E-state index contributed by atoms with van der Waals surface area (Å²) in [7, 11) is 0. The largest absolute Gasteiger partial charge is 0.369 e. The Labute approximate surface area is 158 Å². The van der Waals surface area contributed by atoms with Crippen molar-refractivity contribution >= 4 is 34.8 Å². The second kappa shape index (κ2) is 8.56. The summed E-state index contributed by atoms with van der Waals surface area (Å²) in [6, 6.07) is 15.3. The number of nitrogens with zero attached hydrogens (tertiary/aromatic N) is 2. The molecule has 0 radical (unpaired) electrons. The number of para-hydroxylation sites is 1. The van der Waals surface area contributed by atoms with Gasteiger partial charge in [0, 0.05) is 60.6 Å². The summed E-state index contributed by atoms with van der Waals surface area (Å²) in [5.41, 5.74) is 1.76. The van der Waals surface area contributed by atoms with Crippen LogP contribution in [0.1, 0.15) is 10.4 Å². The molecule has 0 saturated carbocycles. The molecule has 0 aromatic heterocycles. The second-order valence-electron chi connectivity index (χ2n) is 6.08. The van der Waals surface area contributed by atoms with Crippen molar-refractivity contribution in [2.45, 2.75) is 0 Å². The molecule has 132 valence electrons. The van der Waals surface area contributed by atoms with Crippen molar-refractivity contribution in [1.29, 1.82) is 0 Å². The van der Waals surface area contributed by atoms with Crippen molar-refractivity contribution in [3.8, 4) is 0 Å². The molecule has 1 aliphatic heterocycles. The average molecular weight is 378 g/mol. The number of piperazine rings is 1. The third-order valence-electron chi connectivity index (χ3n) is 4.33. The van der Waals surface area contributed by atoms with Crippen LogP contribution < -0.4 is 10.2 Å². The highest BCUT2D eigenvalue weighted by molar-refractivity contribution is 6.35. The highest BCUT2D eigenvalue weighted by Crippen LogP contribution is 2.19. The Morgan fingerprint density at radius 1 is 0.960 bits per heavy atom. The van der Waals surface area contributed by atoms with E-state index in [1.807, 2.05) is 6.07 Å². The lowest BCUT2D eigenvalue weighted by molar-refractivity contribution is 0.0948. The molecule has 2 aromatic rings. The van der Waals surface area contributed by atoms with Gasteiger partial charge in [-0.15, -0.1) is 0 Å². The fraction of sp³-hybridized carbons (Fsp3) is 0.316. The molecule has 0 atom stereocenters. The Morgan fingerprint density at radius 3 is 2.24 bits per heavy atom. The van der Waals surface area contributed by atoms with Crippen LogP contribution in [0.15, 0.2) is 48.5 Å². The Morgan fingerprint density at radius 2 is 1.60 bits per heavy atom. The van der Waals surface area contributed by atoms with Crippen LogP contribution in [-0.2, 0) is 0 Å². The topological polar surface area (TPSA) is 35.6 Å². The van der Waals surface area contributed by atoms with Crippen LogP contribution in [0.3, 0.4) is 0 Å². The first-order valence-corrected chi connectivity index (χ1v) is 9.14. The van der Waals surface area contributed by atoms with Gasteiger partial charge in [0.2, 0.25) is 0 Å².